The first-order valence-corrected chi connectivity index (χ1v) is 9.96. The van der Waals surface area contributed by atoms with Crippen molar-refractivity contribution in [3.63, 3.8) is 0 Å². The lowest BCUT2D eigenvalue weighted by Crippen LogP contribution is -2.12. The van der Waals surface area contributed by atoms with Crippen LogP contribution in [-0.4, -0.2) is 40.4 Å². The number of aromatic amines is 1. The molecule has 0 fully saturated rings. The van der Waals surface area contributed by atoms with Gasteiger partial charge in [0.25, 0.3) is 5.91 Å². The molecule has 0 aliphatic heterocycles. The van der Waals surface area contributed by atoms with E-state index in [2.05, 4.69) is 37.2 Å². The summed E-state index contributed by atoms with van der Waals surface area (Å²) in [6, 6.07) is 1.79. The summed E-state index contributed by atoms with van der Waals surface area (Å²) in [4.78, 5) is 22.4. The fourth-order valence-corrected chi connectivity index (χ4v) is 4.21. The lowest BCUT2D eigenvalue weighted by molar-refractivity contribution is 0.102. The summed E-state index contributed by atoms with van der Waals surface area (Å²) >= 11 is 6.61. The Bertz CT molecular complexity index is 1310. The van der Waals surface area contributed by atoms with Gasteiger partial charge in [0.05, 0.1) is 21.8 Å². The van der Waals surface area contributed by atoms with Crippen LogP contribution in [0.15, 0.2) is 24.9 Å². The third-order valence-electron chi connectivity index (χ3n) is 4.42. The van der Waals surface area contributed by atoms with Crippen molar-refractivity contribution in [1.82, 2.24) is 34.5 Å². The molecule has 0 radical (unpaired) electrons. The molecule has 1 amide bonds. The lowest BCUT2D eigenvalue weighted by Gasteiger charge is -2.02. The van der Waals surface area contributed by atoms with Gasteiger partial charge in [-0.05, 0) is 32.1 Å². The number of carbonyl (C=O) groups excluding carboxylic acids is 1. The van der Waals surface area contributed by atoms with Crippen molar-refractivity contribution < 1.29 is 4.79 Å². The Labute approximate surface area is 175 Å². The summed E-state index contributed by atoms with van der Waals surface area (Å²) in [6.45, 7) is 8.03. The molecule has 4 aromatic rings. The van der Waals surface area contributed by atoms with E-state index in [-0.39, 0.29) is 5.91 Å². The first-order chi connectivity index (χ1) is 13.9. The molecule has 0 bridgehead atoms. The number of allylic oxidation sites excluding steroid dienone is 1. The van der Waals surface area contributed by atoms with Gasteiger partial charge < -0.3 is 0 Å². The summed E-state index contributed by atoms with van der Waals surface area (Å²) in [5, 5.41) is 15.6. The van der Waals surface area contributed by atoms with Gasteiger partial charge in [-0.25, -0.2) is 9.97 Å². The molecular formula is C18H18N8OS2. The number of thiazole rings is 1. The highest BCUT2D eigenvalue weighted by Crippen LogP contribution is 2.32. The SMILES string of the molecule is C=CCn1c(-c2sc(NC(=O)c3cnc4c(c3)c(C)nn4C)nc2C)n[nH]c1=S. The second kappa shape index (κ2) is 7.33. The molecule has 0 aromatic carbocycles. The Hall–Kier alpha value is -3.18. The molecule has 4 aromatic heterocycles. The largest absolute Gasteiger partial charge is 0.298 e. The highest BCUT2D eigenvalue weighted by molar-refractivity contribution is 7.71. The maximum atomic E-state index is 12.7. The highest BCUT2D eigenvalue weighted by atomic mass is 32.1. The second-order valence-corrected chi connectivity index (χ2v) is 7.83. The van der Waals surface area contributed by atoms with Gasteiger partial charge >= 0.3 is 0 Å². The standard InChI is InChI=1S/C18H18N8OS2/c1-5-6-26-15(22-23-18(26)28)13-10(3)20-17(29-13)21-16(27)11-7-12-9(2)24-25(4)14(12)19-8-11/h5,7-8H,1,6H2,2-4H3,(H,23,28)(H,20,21,27). The Morgan fingerprint density at radius 3 is 2.97 bits per heavy atom. The van der Waals surface area contributed by atoms with Crippen molar-refractivity contribution in [3.8, 4) is 10.7 Å². The zero-order valence-electron chi connectivity index (χ0n) is 16.1. The Morgan fingerprint density at radius 1 is 1.41 bits per heavy atom. The van der Waals surface area contributed by atoms with Crippen LogP contribution in [0.2, 0.25) is 0 Å². The molecule has 4 heterocycles. The number of rotatable bonds is 5. The molecule has 9 nitrogen and oxygen atoms in total. The average Bonchev–Trinajstić information content (AvgIpc) is 3.32. The molecule has 0 aliphatic rings. The monoisotopic (exact) mass is 426 g/mol. The molecule has 4 rings (SSSR count). The molecule has 29 heavy (non-hydrogen) atoms. The molecule has 0 saturated heterocycles. The summed E-state index contributed by atoms with van der Waals surface area (Å²) in [7, 11) is 1.82. The molecule has 0 spiro atoms. The molecule has 0 saturated carbocycles. The number of aromatic nitrogens is 7. The smallest absolute Gasteiger partial charge is 0.259 e. The van der Waals surface area contributed by atoms with Gasteiger partial charge in [0.1, 0.15) is 0 Å². The second-order valence-electron chi connectivity index (χ2n) is 6.44. The van der Waals surface area contributed by atoms with Crippen molar-refractivity contribution in [1.29, 1.82) is 0 Å². The number of H-pyrrole nitrogens is 1. The van der Waals surface area contributed by atoms with E-state index >= 15 is 0 Å². The van der Waals surface area contributed by atoms with Crippen LogP contribution in [0.25, 0.3) is 21.7 Å². The molecule has 2 N–H and O–H groups in total. The topological polar surface area (TPSA) is 106 Å². The molecule has 148 valence electrons. The highest BCUT2D eigenvalue weighted by Gasteiger charge is 2.18. The molecule has 0 aliphatic carbocycles. The minimum absolute atomic E-state index is 0.284. The van der Waals surface area contributed by atoms with E-state index in [0.717, 1.165) is 27.3 Å². The molecule has 11 heteroatoms. The zero-order chi connectivity index (χ0) is 20.7. The van der Waals surface area contributed by atoms with Crippen LogP contribution in [0.4, 0.5) is 5.13 Å². The van der Waals surface area contributed by atoms with E-state index in [1.807, 2.05) is 25.5 Å². The van der Waals surface area contributed by atoms with Crippen molar-refractivity contribution in [2.24, 2.45) is 7.05 Å². The van der Waals surface area contributed by atoms with Crippen LogP contribution in [0.5, 0.6) is 0 Å². The van der Waals surface area contributed by atoms with E-state index in [1.165, 1.54) is 17.5 Å². The Morgan fingerprint density at radius 2 is 2.21 bits per heavy atom. The van der Waals surface area contributed by atoms with Crippen LogP contribution in [0.1, 0.15) is 21.7 Å². The van der Waals surface area contributed by atoms with Gasteiger partial charge in [0.15, 0.2) is 21.4 Å². The number of nitrogens with one attached hydrogen (secondary N) is 2. The maximum Gasteiger partial charge on any atom is 0.259 e. The van der Waals surface area contributed by atoms with Crippen molar-refractivity contribution in [2.45, 2.75) is 20.4 Å². The van der Waals surface area contributed by atoms with Gasteiger partial charge in [-0.1, -0.05) is 17.4 Å². The fourth-order valence-electron chi connectivity index (χ4n) is 3.05. The van der Waals surface area contributed by atoms with Crippen LogP contribution in [-0.2, 0) is 13.6 Å². The Balaban J connectivity index is 1.63. The van der Waals surface area contributed by atoms with E-state index in [4.69, 9.17) is 12.2 Å². The van der Waals surface area contributed by atoms with E-state index in [1.54, 1.807) is 16.8 Å². The van der Waals surface area contributed by atoms with E-state index in [0.29, 0.717) is 27.8 Å². The summed E-state index contributed by atoms with van der Waals surface area (Å²) in [5.74, 6) is 0.382. The lowest BCUT2D eigenvalue weighted by atomic mass is 10.2. The third-order valence-corrected chi connectivity index (χ3v) is 5.80. The molecule has 0 unspecified atom stereocenters. The quantitative estimate of drug-likeness (QED) is 0.374. The number of aryl methyl sites for hydroxylation is 3. The van der Waals surface area contributed by atoms with Crippen LogP contribution >= 0.6 is 23.6 Å². The predicted molar refractivity (Wildman–Crippen MR) is 115 cm³/mol. The van der Waals surface area contributed by atoms with E-state index < -0.39 is 0 Å². The number of amides is 1. The maximum absolute atomic E-state index is 12.7. The number of pyridine rings is 1. The van der Waals surface area contributed by atoms with Gasteiger partial charge in [-0.2, -0.15) is 10.2 Å². The number of hydrogen-bond acceptors (Lipinski definition) is 7. The summed E-state index contributed by atoms with van der Waals surface area (Å²) in [5.41, 5.74) is 2.75. The number of nitrogens with zero attached hydrogens (tertiary/aromatic N) is 6. The fraction of sp³-hybridized carbons (Fsp3) is 0.222. The predicted octanol–water partition coefficient (Wildman–Crippen LogP) is 3.40. The first-order valence-electron chi connectivity index (χ1n) is 8.73. The molecule has 0 atom stereocenters. The minimum Gasteiger partial charge on any atom is -0.298 e. The first kappa shape index (κ1) is 19.2. The number of fused-ring (bicyclic) bond motifs is 1. The normalized spacial score (nSPS) is 11.1. The van der Waals surface area contributed by atoms with Gasteiger partial charge in [0, 0.05) is 25.2 Å². The summed E-state index contributed by atoms with van der Waals surface area (Å²) in [6.07, 6.45) is 3.28. The van der Waals surface area contributed by atoms with Crippen molar-refractivity contribution >= 4 is 45.6 Å². The summed E-state index contributed by atoms with van der Waals surface area (Å²) < 4.78 is 4.03. The average molecular weight is 427 g/mol. The van der Waals surface area contributed by atoms with Crippen LogP contribution < -0.4 is 5.32 Å². The van der Waals surface area contributed by atoms with Crippen LogP contribution in [0.3, 0.4) is 0 Å². The van der Waals surface area contributed by atoms with Gasteiger partial charge in [-0.15, -0.1) is 6.58 Å². The van der Waals surface area contributed by atoms with E-state index in [9.17, 15) is 4.79 Å². The van der Waals surface area contributed by atoms with Crippen LogP contribution in [0, 0.1) is 18.6 Å². The minimum atomic E-state index is -0.284. The third kappa shape index (κ3) is 3.38. The van der Waals surface area contributed by atoms with Gasteiger partial charge in [0.2, 0.25) is 0 Å². The van der Waals surface area contributed by atoms with Crippen molar-refractivity contribution in [2.75, 3.05) is 5.32 Å². The number of hydrogen-bond donors (Lipinski definition) is 2. The van der Waals surface area contributed by atoms with Crippen molar-refractivity contribution in [3.05, 3.63) is 46.6 Å². The number of anilines is 1. The Kier molecular flexibility index (Phi) is 4.84. The zero-order valence-corrected chi connectivity index (χ0v) is 17.7. The number of carbonyl (C=O) groups is 1. The molecular weight excluding hydrogens is 408 g/mol. The van der Waals surface area contributed by atoms with Gasteiger partial charge in [-0.3, -0.25) is 24.5 Å².